The van der Waals surface area contributed by atoms with E-state index < -0.39 is 0 Å². The van der Waals surface area contributed by atoms with Gasteiger partial charge in [0.05, 0.1) is 0 Å². The Morgan fingerprint density at radius 2 is 2.41 bits per heavy atom. The summed E-state index contributed by atoms with van der Waals surface area (Å²) < 4.78 is 7.13. The minimum atomic E-state index is 0.682. The van der Waals surface area contributed by atoms with Gasteiger partial charge in [0.1, 0.15) is 0 Å². The predicted molar refractivity (Wildman–Crippen MR) is 64.4 cm³/mol. The van der Waals surface area contributed by atoms with Crippen molar-refractivity contribution in [3.05, 3.63) is 36.2 Å². The first-order chi connectivity index (χ1) is 8.38. The lowest BCUT2D eigenvalue weighted by atomic mass is 10.3. The maximum Gasteiger partial charge on any atom is 0.227 e. The Bertz CT molecular complexity index is 421. The molecule has 5 heteroatoms. The van der Waals surface area contributed by atoms with Gasteiger partial charge >= 0.3 is 0 Å². The van der Waals surface area contributed by atoms with Gasteiger partial charge < -0.3 is 14.4 Å². The van der Waals surface area contributed by atoms with Crippen LogP contribution in [-0.2, 0) is 19.5 Å². The summed E-state index contributed by atoms with van der Waals surface area (Å²) in [6.45, 7) is 5.00. The highest BCUT2D eigenvalue weighted by Crippen LogP contribution is 2.02. The molecule has 2 aromatic rings. The molecule has 2 rings (SSSR count). The summed E-state index contributed by atoms with van der Waals surface area (Å²) >= 11 is 0. The number of rotatable bonds is 7. The van der Waals surface area contributed by atoms with E-state index in [-0.39, 0.29) is 0 Å². The van der Waals surface area contributed by atoms with Crippen molar-refractivity contribution in [1.82, 2.24) is 20.0 Å². The van der Waals surface area contributed by atoms with Crippen LogP contribution in [0.4, 0.5) is 0 Å². The van der Waals surface area contributed by atoms with Gasteiger partial charge in [-0.15, -0.1) is 0 Å². The number of hydrogen-bond acceptors (Lipinski definition) is 4. The van der Waals surface area contributed by atoms with Gasteiger partial charge in [-0.05, 0) is 18.1 Å². The van der Waals surface area contributed by atoms with E-state index in [1.165, 1.54) is 18.3 Å². The summed E-state index contributed by atoms with van der Waals surface area (Å²) in [6, 6.07) is 2.15. The quantitative estimate of drug-likeness (QED) is 0.739. The van der Waals surface area contributed by atoms with Crippen molar-refractivity contribution in [1.29, 1.82) is 0 Å². The minimum Gasteiger partial charge on any atom is -0.354 e. The lowest BCUT2D eigenvalue weighted by Gasteiger charge is -2.01. The molecule has 0 bridgehead atoms. The third-order valence-electron chi connectivity index (χ3n) is 2.55. The molecule has 17 heavy (non-hydrogen) atoms. The van der Waals surface area contributed by atoms with E-state index in [2.05, 4.69) is 45.4 Å². The Kier molecular flexibility index (Phi) is 4.32. The van der Waals surface area contributed by atoms with Crippen LogP contribution in [-0.4, -0.2) is 21.3 Å². The van der Waals surface area contributed by atoms with Crippen LogP contribution in [0.25, 0.3) is 0 Å². The number of hydrogen-bond donors (Lipinski definition) is 1. The summed E-state index contributed by atoms with van der Waals surface area (Å²) in [5.41, 5.74) is 1.31. The van der Waals surface area contributed by atoms with Crippen molar-refractivity contribution in [3.63, 3.8) is 0 Å². The second kappa shape index (κ2) is 6.20. The zero-order valence-electron chi connectivity index (χ0n) is 10.1. The SMILES string of the molecule is CCCn1ccc(CNCCc2ncno2)c1. The molecule has 92 valence electrons. The maximum absolute atomic E-state index is 4.92. The fourth-order valence-corrected chi connectivity index (χ4v) is 1.73. The van der Waals surface area contributed by atoms with Crippen LogP contribution < -0.4 is 5.32 Å². The molecule has 0 spiro atoms. The smallest absolute Gasteiger partial charge is 0.227 e. The van der Waals surface area contributed by atoms with E-state index in [9.17, 15) is 0 Å². The molecular weight excluding hydrogens is 216 g/mol. The van der Waals surface area contributed by atoms with E-state index in [0.29, 0.717) is 5.89 Å². The molecule has 0 fully saturated rings. The van der Waals surface area contributed by atoms with Crippen LogP contribution in [0.5, 0.6) is 0 Å². The summed E-state index contributed by atoms with van der Waals surface area (Å²) in [5, 5.41) is 6.92. The second-order valence-electron chi connectivity index (χ2n) is 4.02. The van der Waals surface area contributed by atoms with Crippen LogP contribution >= 0.6 is 0 Å². The van der Waals surface area contributed by atoms with Gasteiger partial charge in [-0.25, -0.2) is 0 Å². The third-order valence-corrected chi connectivity index (χ3v) is 2.55. The Morgan fingerprint density at radius 3 is 3.18 bits per heavy atom. The Balaban J connectivity index is 1.67. The van der Waals surface area contributed by atoms with E-state index >= 15 is 0 Å². The van der Waals surface area contributed by atoms with Crippen molar-refractivity contribution in [2.75, 3.05) is 6.54 Å². The molecule has 0 aliphatic heterocycles. The highest BCUT2D eigenvalue weighted by molar-refractivity contribution is 5.09. The zero-order chi connectivity index (χ0) is 11.9. The van der Waals surface area contributed by atoms with Crippen LogP contribution in [0.1, 0.15) is 24.8 Å². The topological polar surface area (TPSA) is 55.9 Å². The first-order valence-electron chi connectivity index (χ1n) is 5.99. The fraction of sp³-hybridized carbons (Fsp3) is 0.500. The lowest BCUT2D eigenvalue weighted by molar-refractivity contribution is 0.375. The van der Waals surface area contributed by atoms with Gasteiger partial charge in [0.2, 0.25) is 5.89 Å². The molecule has 0 atom stereocenters. The summed E-state index contributed by atoms with van der Waals surface area (Å²) in [6.07, 6.45) is 7.68. The fourth-order valence-electron chi connectivity index (χ4n) is 1.73. The normalized spacial score (nSPS) is 10.9. The summed E-state index contributed by atoms with van der Waals surface area (Å²) in [7, 11) is 0. The van der Waals surface area contributed by atoms with E-state index in [1.54, 1.807) is 0 Å². The van der Waals surface area contributed by atoms with E-state index in [1.807, 2.05) is 0 Å². The molecule has 0 amide bonds. The molecule has 0 saturated heterocycles. The average Bonchev–Trinajstić information content (AvgIpc) is 2.96. The molecule has 0 aromatic carbocycles. The molecule has 2 aromatic heterocycles. The summed E-state index contributed by atoms with van der Waals surface area (Å²) in [4.78, 5) is 3.97. The van der Waals surface area contributed by atoms with Crippen LogP contribution in [0.15, 0.2) is 29.3 Å². The number of aromatic nitrogens is 3. The van der Waals surface area contributed by atoms with Crippen molar-refractivity contribution >= 4 is 0 Å². The largest absolute Gasteiger partial charge is 0.354 e. The molecule has 2 heterocycles. The molecule has 0 aliphatic carbocycles. The molecule has 0 radical (unpaired) electrons. The van der Waals surface area contributed by atoms with Crippen LogP contribution in [0, 0.1) is 0 Å². The van der Waals surface area contributed by atoms with Gasteiger partial charge in [0.25, 0.3) is 0 Å². The number of aryl methyl sites for hydroxylation is 1. The van der Waals surface area contributed by atoms with Crippen molar-refractivity contribution in [2.24, 2.45) is 0 Å². The van der Waals surface area contributed by atoms with Crippen molar-refractivity contribution < 1.29 is 4.52 Å². The second-order valence-corrected chi connectivity index (χ2v) is 4.02. The lowest BCUT2D eigenvalue weighted by Crippen LogP contribution is -2.16. The molecule has 5 nitrogen and oxygen atoms in total. The Labute approximate surface area is 101 Å². The standard InChI is InChI=1S/C12H18N4O/c1-2-6-16-7-4-11(9-16)8-13-5-3-12-14-10-15-17-12/h4,7,9-10,13H,2-3,5-6,8H2,1H3. The molecule has 0 unspecified atom stereocenters. The maximum atomic E-state index is 4.92. The third kappa shape index (κ3) is 3.71. The Hall–Kier alpha value is -1.62. The molecular formula is C12H18N4O. The van der Waals surface area contributed by atoms with Gasteiger partial charge in [-0.1, -0.05) is 12.1 Å². The first kappa shape index (κ1) is 11.9. The predicted octanol–water partition coefficient (Wildman–Crippen LogP) is 1.61. The van der Waals surface area contributed by atoms with Gasteiger partial charge in [0, 0.05) is 38.4 Å². The van der Waals surface area contributed by atoms with Gasteiger partial charge in [-0.2, -0.15) is 4.98 Å². The van der Waals surface area contributed by atoms with Crippen LogP contribution in [0.3, 0.4) is 0 Å². The highest BCUT2D eigenvalue weighted by atomic mass is 16.5. The zero-order valence-corrected chi connectivity index (χ0v) is 10.1. The van der Waals surface area contributed by atoms with E-state index in [0.717, 1.165) is 26.1 Å². The minimum absolute atomic E-state index is 0.682. The Morgan fingerprint density at radius 1 is 1.47 bits per heavy atom. The van der Waals surface area contributed by atoms with Crippen molar-refractivity contribution in [2.45, 2.75) is 32.9 Å². The molecule has 1 N–H and O–H groups in total. The van der Waals surface area contributed by atoms with Gasteiger partial charge in [0.15, 0.2) is 6.33 Å². The highest BCUT2D eigenvalue weighted by Gasteiger charge is 1.99. The number of nitrogens with one attached hydrogen (secondary N) is 1. The average molecular weight is 234 g/mol. The number of nitrogens with zero attached hydrogens (tertiary/aromatic N) is 3. The van der Waals surface area contributed by atoms with Crippen LogP contribution in [0.2, 0.25) is 0 Å². The van der Waals surface area contributed by atoms with Crippen molar-refractivity contribution in [3.8, 4) is 0 Å². The first-order valence-corrected chi connectivity index (χ1v) is 5.99. The molecule has 0 saturated carbocycles. The molecule has 0 aliphatic rings. The monoisotopic (exact) mass is 234 g/mol. The van der Waals surface area contributed by atoms with Gasteiger partial charge in [-0.3, -0.25) is 0 Å². The van der Waals surface area contributed by atoms with E-state index in [4.69, 9.17) is 4.52 Å². The summed E-state index contributed by atoms with van der Waals surface area (Å²) in [5.74, 6) is 0.682.